The second kappa shape index (κ2) is 7.82. The van der Waals surface area contributed by atoms with Crippen LogP contribution in [0.3, 0.4) is 0 Å². The van der Waals surface area contributed by atoms with Crippen LogP contribution in [0.25, 0.3) is 0 Å². The molecule has 0 saturated carbocycles. The minimum absolute atomic E-state index is 0.00135. The van der Waals surface area contributed by atoms with Crippen molar-refractivity contribution >= 4 is 17.9 Å². The number of nitrogens with two attached hydrogens (primary N) is 1. The summed E-state index contributed by atoms with van der Waals surface area (Å²) >= 11 is 0. The third-order valence-corrected chi connectivity index (χ3v) is 3.69. The van der Waals surface area contributed by atoms with E-state index in [2.05, 4.69) is 10.2 Å². The number of piperidine rings is 1. The van der Waals surface area contributed by atoms with Gasteiger partial charge in [0.2, 0.25) is 5.91 Å². The van der Waals surface area contributed by atoms with E-state index in [1.165, 1.54) is 0 Å². The van der Waals surface area contributed by atoms with Gasteiger partial charge in [-0.3, -0.25) is 4.79 Å². The van der Waals surface area contributed by atoms with E-state index in [9.17, 15) is 14.4 Å². The number of carbonyl (C=O) groups excluding carboxylic acids is 2. The van der Waals surface area contributed by atoms with Gasteiger partial charge in [-0.15, -0.1) is 0 Å². The number of amides is 3. The third kappa shape index (κ3) is 5.58. The zero-order valence-corrected chi connectivity index (χ0v) is 12.5. The Kier molecular flexibility index (Phi) is 6.41. The van der Waals surface area contributed by atoms with Gasteiger partial charge in [0, 0.05) is 25.6 Å². The fourth-order valence-electron chi connectivity index (χ4n) is 2.35. The van der Waals surface area contributed by atoms with Crippen LogP contribution in [0.4, 0.5) is 4.79 Å². The molecule has 8 nitrogen and oxygen atoms in total. The fourth-order valence-corrected chi connectivity index (χ4v) is 2.35. The lowest BCUT2D eigenvalue weighted by molar-refractivity contribution is -0.139. The Labute approximate surface area is 124 Å². The summed E-state index contributed by atoms with van der Waals surface area (Å²) in [4.78, 5) is 37.7. The van der Waals surface area contributed by atoms with Crippen LogP contribution in [0, 0.1) is 0 Å². The van der Waals surface area contributed by atoms with Crippen LogP contribution < -0.4 is 11.1 Å². The highest BCUT2D eigenvalue weighted by Crippen LogP contribution is 2.14. The van der Waals surface area contributed by atoms with E-state index < -0.39 is 23.9 Å². The van der Waals surface area contributed by atoms with Crippen molar-refractivity contribution in [3.05, 3.63) is 0 Å². The Balaban J connectivity index is 2.56. The number of carboxylic acid groups (broad SMARTS) is 1. The van der Waals surface area contributed by atoms with Gasteiger partial charge in [-0.2, -0.15) is 0 Å². The van der Waals surface area contributed by atoms with Crippen molar-refractivity contribution < 1.29 is 19.5 Å². The van der Waals surface area contributed by atoms with E-state index in [0.717, 1.165) is 12.8 Å². The van der Waals surface area contributed by atoms with Crippen LogP contribution in [-0.4, -0.2) is 72.1 Å². The number of primary amides is 1. The zero-order chi connectivity index (χ0) is 16.0. The number of likely N-dealkylation sites (tertiary alicyclic amines) is 1. The third-order valence-electron chi connectivity index (χ3n) is 3.69. The molecule has 0 aromatic rings. The molecule has 8 heteroatoms. The molecule has 3 amide bonds. The number of rotatable bonds is 6. The average Bonchev–Trinajstić information content (AvgIpc) is 2.42. The molecule has 1 aliphatic rings. The molecule has 1 fully saturated rings. The van der Waals surface area contributed by atoms with Crippen LogP contribution in [0.2, 0.25) is 0 Å². The molecule has 1 saturated heterocycles. The van der Waals surface area contributed by atoms with E-state index in [-0.39, 0.29) is 18.9 Å². The van der Waals surface area contributed by atoms with Gasteiger partial charge >= 0.3 is 12.0 Å². The zero-order valence-electron chi connectivity index (χ0n) is 12.5. The smallest absolute Gasteiger partial charge is 0.326 e. The van der Waals surface area contributed by atoms with Crippen molar-refractivity contribution in [2.75, 3.05) is 27.2 Å². The quantitative estimate of drug-likeness (QED) is 0.608. The standard InChI is InChI=1S/C13H24N4O4/c1-16(2)9-4-3-7-17(8-9)13(21)15-10(12(19)20)5-6-11(14)18/h9-10H,3-8H2,1-2H3,(H2,14,18)(H,15,21)(H,19,20). The van der Waals surface area contributed by atoms with Crippen molar-refractivity contribution in [2.24, 2.45) is 5.73 Å². The topological polar surface area (TPSA) is 116 Å². The van der Waals surface area contributed by atoms with Crippen LogP contribution in [0.15, 0.2) is 0 Å². The number of urea groups is 1. The molecule has 1 rings (SSSR count). The highest BCUT2D eigenvalue weighted by Gasteiger charge is 2.28. The first-order chi connectivity index (χ1) is 9.81. The number of nitrogens with zero attached hydrogens (tertiary/aromatic N) is 2. The fraction of sp³-hybridized carbons (Fsp3) is 0.769. The van der Waals surface area contributed by atoms with E-state index >= 15 is 0 Å². The van der Waals surface area contributed by atoms with Gasteiger partial charge in [-0.25, -0.2) is 9.59 Å². The molecule has 4 N–H and O–H groups in total. The number of aliphatic carboxylic acids is 1. The summed E-state index contributed by atoms with van der Waals surface area (Å²) in [6.45, 7) is 1.18. The molecule has 2 atom stereocenters. The molecule has 1 heterocycles. The summed E-state index contributed by atoms with van der Waals surface area (Å²) in [5.74, 6) is -1.74. The SMILES string of the molecule is CN(C)C1CCCN(C(=O)NC(CCC(N)=O)C(=O)O)C1. The van der Waals surface area contributed by atoms with Crippen molar-refractivity contribution in [3.63, 3.8) is 0 Å². The van der Waals surface area contributed by atoms with Gasteiger partial charge in [0.15, 0.2) is 0 Å². The van der Waals surface area contributed by atoms with Crippen LogP contribution in [0.1, 0.15) is 25.7 Å². The molecule has 0 aromatic carbocycles. The minimum Gasteiger partial charge on any atom is -0.480 e. The van der Waals surface area contributed by atoms with Gasteiger partial charge in [0.25, 0.3) is 0 Å². The van der Waals surface area contributed by atoms with Crippen molar-refractivity contribution in [1.82, 2.24) is 15.1 Å². The molecule has 0 aliphatic carbocycles. The highest BCUT2D eigenvalue weighted by molar-refractivity contribution is 5.83. The van der Waals surface area contributed by atoms with E-state index in [4.69, 9.17) is 10.8 Å². The van der Waals surface area contributed by atoms with Crippen LogP contribution >= 0.6 is 0 Å². The van der Waals surface area contributed by atoms with Gasteiger partial charge in [0.05, 0.1) is 0 Å². The maximum Gasteiger partial charge on any atom is 0.326 e. The van der Waals surface area contributed by atoms with Gasteiger partial charge in [-0.05, 0) is 33.4 Å². The second-order valence-electron chi connectivity index (χ2n) is 5.55. The van der Waals surface area contributed by atoms with Crippen molar-refractivity contribution in [3.8, 4) is 0 Å². The molecular weight excluding hydrogens is 276 g/mol. The number of carboxylic acids is 1. The molecular formula is C13H24N4O4. The van der Waals surface area contributed by atoms with E-state index in [1.54, 1.807) is 4.90 Å². The van der Waals surface area contributed by atoms with Gasteiger partial charge in [0.1, 0.15) is 6.04 Å². The number of nitrogens with one attached hydrogen (secondary N) is 1. The van der Waals surface area contributed by atoms with Gasteiger partial charge < -0.3 is 26.0 Å². The first-order valence-electron chi connectivity index (χ1n) is 7.04. The van der Waals surface area contributed by atoms with Gasteiger partial charge in [-0.1, -0.05) is 0 Å². The Morgan fingerprint density at radius 1 is 1.43 bits per heavy atom. The number of carbonyl (C=O) groups is 3. The molecule has 21 heavy (non-hydrogen) atoms. The molecule has 1 aliphatic heterocycles. The molecule has 0 spiro atoms. The summed E-state index contributed by atoms with van der Waals surface area (Å²) in [6, 6.07) is -1.22. The number of hydrogen-bond acceptors (Lipinski definition) is 4. The predicted octanol–water partition coefficient (Wildman–Crippen LogP) is -0.559. The Morgan fingerprint density at radius 3 is 2.62 bits per heavy atom. The molecule has 0 radical (unpaired) electrons. The summed E-state index contributed by atoms with van der Waals surface area (Å²) in [6.07, 6.45) is 1.83. The molecule has 0 bridgehead atoms. The summed E-state index contributed by atoms with van der Waals surface area (Å²) < 4.78 is 0. The Morgan fingerprint density at radius 2 is 2.10 bits per heavy atom. The lowest BCUT2D eigenvalue weighted by atomic mass is 10.1. The summed E-state index contributed by atoms with van der Waals surface area (Å²) in [5, 5.41) is 11.5. The molecule has 2 unspecified atom stereocenters. The van der Waals surface area contributed by atoms with E-state index in [0.29, 0.717) is 13.1 Å². The lowest BCUT2D eigenvalue weighted by Crippen LogP contribution is -2.53. The van der Waals surface area contributed by atoms with E-state index in [1.807, 2.05) is 14.1 Å². The highest BCUT2D eigenvalue weighted by atomic mass is 16.4. The minimum atomic E-state index is -1.16. The second-order valence-corrected chi connectivity index (χ2v) is 5.55. The van der Waals surface area contributed by atoms with Crippen LogP contribution in [0.5, 0.6) is 0 Å². The molecule has 120 valence electrons. The first kappa shape index (κ1) is 17.2. The Bertz CT molecular complexity index is 400. The monoisotopic (exact) mass is 300 g/mol. The maximum atomic E-state index is 12.1. The van der Waals surface area contributed by atoms with Crippen molar-refractivity contribution in [2.45, 2.75) is 37.8 Å². The summed E-state index contributed by atoms with van der Waals surface area (Å²) in [5.41, 5.74) is 5.01. The largest absolute Gasteiger partial charge is 0.480 e. The average molecular weight is 300 g/mol. The first-order valence-corrected chi connectivity index (χ1v) is 7.04. The molecule has 0 aromatic heterocycles. The maximum absolute atomic E-state index is 12.1. The normalized spacial score (nSPS) is 20.1. The van der Waals surface area contributed by atoms with Crippen LogP contribution in [-0.2, 0) is 9.59 Å². The number of likely N-dealkylation sites (N-methyl/N-ethyl adjacent to an activating group) is 1. The number of hydrogen-bond donors (Lipinski definition) is 3. The predicted molar refractivity (Wildman–Crippen MR) is 76.7 cm³/mol. The summed E-state index contributed by atoms with van der Waals surface area (Å²) in [7, 11) is 3.91. The Hall–Kier alpha value is -1.83. The van der Waals surface area contributed by atoms with Crippen molar-refractivity contribution in [1.29, 1.82) is 0 Å². The lowest BCUT2D eigenvalue weighted by Gasteiger charge is -2.36.